The van der Waals surface area contributed by atoms with Gasteiger partial charge in [0.25, 0.3) is 5.91 Å². The largest absolute Gasteiger partial charge is 0.353 e. The first-order chi connectivity index (χ1) is 12.6. The molecule has 1 saturated carbocycles. The predicted octanol–water partition coefficient (Wildman–Crippen LogP) is 2.31. The second-order valence-corrected chi connectivity index (χ2v) is 7.61. The summed E-state index contributed by atoms with van der Waals surface area (Å²) >= 11 is 0. The molecule has 2 heterocycles. The van der Waals surface area contributed by atoms with Gasteiger partial charge in [-0.05, 0) is 37.8 Å². The van der Waals surface area contributed by atoms with E-state index in [2.05, 4.69) is 10.6 Å². The lowest BCUT2D eigenvalue weighted by Gasteiger charge is -2.38. The molecule has 0 spiro atoms. The Bertz CT molecular complexity index is 727. The molecule has 6 heteroatoms. The number of rotatable bonds is 2. The van der Waals surface area contributed by atoms with Gasteiger partial charge in [0.15, 0.2) is 0 Å². The molecule has 4 rings (SSSR count). The van der Waals surface area contributed by atoms with Crippen molar-refractivity contribution in [3.63, 3.8) is 0 Å². The third-order valence-electron chi connectivity index (χ3n) is 5.90. The molecule has 26 heavy (non-hydrogen) atoms. The second kappa shape index (κ2) is 7.09. The monoisotopic (exact) mass is 355 g/mol. The summed E-state index contributed by atoms with van der Waals surface area (Å²) in [6.07, 6.45) is 6.54. The second-order valence-electron chi connectivity index (χ2n) is 7.61. The van der Waals surface area contributed by atoms with Crippen LogP contribution in [0, 0.1) is 5.92 Å². The van der Waals surface area contributed by atoms with E-state index in [0.717, 1.165) is 25.7 Å². The van der Waals surface area contributed by atoms with Crippen molar-refractivity contribution >= 4 is 23.4 Å². The van der Waals surface area contributed by atoms with Crippen LogP contribution in [0.1, 0.15) is 55.3 Å². The number of amides is 3. The van der Waals surface area contributed by atoms with Crippen LogP contribution in [0.25, 0.3) is 0 Å². The van der Waals surface area contributed by atoms with E-state index >= 15 is 0 Å². The van der Waals surface area contributed by atoms with Gasteiger partial charge in [0.1, 0.15) is 6.04 Å². The highest BCUT2D eigenvalue weighted by Crippen LogP contribution is 2.29. The molecule has 1 saturated heterocycles. The van der Waals surface area contributed by atoms with Crippen LogP contribution in [0.2, 0.25) is 0 Å². The number of carbonyl (C=O) groups is 3. The lowest BCUT2D eigenvalue weighted by atomic mass is 9.88. The first kappa shape index (κ1) is 17.1. The quantitative estimate of drug-likeness (QED) is 0.854. The van der Waals surface area contributed by atoms with Crippen molar-refractivity contribution in [1.82, 2.24) is 10.2 Å². The van der Waals surface area contributed by atoms with E-state index < -0.39 is 6.04 Å². The van der Waals surface area contributed by atoms with E-state index in [9.17, 15) is 14.4 Å². The van der Waals surface area contributed by atoms with E-state index in [1.807, 2.05) is 6.07 Å². The molecule has 2 aliphatic heterocycles. The van der Waals surface area contributed by atoms with Crippen molar-refractivity contribution in [1.29, 1.82) is 0 Å². The number of hydrogen-bond donors (Lipinski definition) is 2. The average Bonchev–Trinajstić information content (AvgIpc) is 2.78. The molecule has 6 nitrogen and oxygen atoms in total. The number of nitrogens with zero attached hydrogens (tertiary/aromatic N) is 1. The third-order valence-corrected chi connectivity index (χ3v) is 5.90. The first-order valence-corrected chi connectivity index (χ1v) is 9.65. The number of anilines is 1. The molecule has 1 aromatic carbocycles. The average molecular weight is 355 g/mol. The molecule has 2 atom stereocenters. The Kier molecular flexibility index (Phi) is 4.66. The van der Waals surface area contributed by atoms with Crippen LogP contribution in [0.3, 0.4) is 0 Å². The standard InChI is InChI=1S/C20H25N3O3/c24-18(13-6-2-1-3-7-13)21-14-10-11-23-17(12-14)19(25)22-16-9-5-4-8-15(16)20(23)26/h4-5,8-9,13-14,17H,1-3,6-7,10-12H2,(H,21,24)(H,22,25)/t14-,17-/m0/s1. The van der Waals surface area contributed by atoms with E-state index in [0.29, 0.717) is 30.6 Å². The van der Waals surface area contributed by atoms with Crippen LogP contribution < -0.4 is 10.6 Å². The maximum atomic E-state index is 12.8. The molecule has 138 valence electrons. The van der Waals surface area contributed by atoms with Crippen LogP contribution in [0.4, 0.5) is 5.69 Å². The number of hydrogen-bond acceptors (Lipinski definition) is 3. The number of carbonyl (C=O) groups excluding carboxylic acids is 3. The molecule has 1 aromatic rings. The van der Waals surface area contributed by atoms with Crippen molar-refractivity contribution in [3.8, 4) is 0 Å². The van der Waals surface area contributed by atoms with E-state index in [1.54, 1.807) is 23.1 Å². The zero-order valence-electron chi connectivity index (χ0n) is 14.9. The van der Waals surface area contributed by atoms with Gasteiger partial charge in [-0.1, -0.05) is 31.4 Å². The summed E-state index contributed by atoms with van der Waals surface area (Å²) < 4.78 is 0. The summed E-state index contributed by atoms with van der Waals surface area (Å²) in [4.78, 5) is 39.7. The minimum Gasteiger partial charge on any atom is -0.353 e. The molecule has 1 aliphatic carbocycles. The zero-order chi connectivity index (χ0) is 18.1. The Labute approximate surface area is 153 Å². The first-order valence-electron chi connectivity index (χ1n) is 9.65. The Morgan fingerprint density at radius 3 is 2.65 bits per heavy atom. The van der Waals surface area contributed by atoms with Crippen molar-refractivity contribution in [2.75, 3.05) is 11.9 Å². The topological polar surface area (TPSA) is 78.5 Å². The summed E-state index contributed by atoms with van der Waals surface area (Å²) in [5.41, 5.74) is 1.10. The van der Waals surface area contributed by atoms with Crippen molar-refractivity contribution in [2.24, 2.45) is 5.92 Å². The van der Waals surface area contributed by atoms with Crippen molar-refractivity contribution in [2.45, 2.75) is 57.0 Å². The van der Waals surface area contributed by atoms with Gasteiger partial charge < -0.3 is 15.5 Å². The fourth-order valence-corrected chi connectivity index (χ4v) is 4.42. The lowest BCUT2D eigenvalue weighted by molar-refractivity contribution is -0.128. The molecule has 3 aliphatic rings. The van der Waals surface area contributed by atoms with Gasteiger partial charge in [-0.2, -0.15) is 0 Å². The Morgan fingerprint density at radius 2 is 1.85 bits per heavy atom. The predicted molar refractivity (Wildman–Crippen MR) is 97.6 cm³/mol. The van der Waals surface area contributed by atoms with Crippen LogP contribution in [-0.4, -0.2) is 41.2 Å². The van der Waals surface area contributed by atoms with Gasteiger partial charge in [0.2, 0.25) is 11.8 Å². The Hall–Kier alpha value is -2.37. The van der Waals surface area contributed by atoms with Gasteiger partial charge in [0.05, 0.1) is 11.3 Å². The number of benzene rings is 1. The minimum absolute atomic E-state index is 0.0505. The molecule has 3 amide bonds. The molecule has 2 N–H and O–H groups in total. The maximum Gasteiger partial charge on any atom is 0.256 e. The summed E-state index contributed by atoms with van der Waals surface area (Å²) in [7, 11) is 0. The highest BCUT2D eigenvalue weighted by Gasteiger charge is 2.40. The highest BCUT2D eigenvalue weighted by molar-refractivity contribution is 6.09. The van der Waals surface area contributed by atoms with Gasteiger partial charge >= 0.3 is 0 Å². The van der Waals surface area contributed by atoms with Crippen molar-refractivity contribution < 1.29 is 14.4 Å². The van der Waals surface area contributed by atoms with Gasteiger partial charge in [-0.15, -0.1) is 0 Å². The van der Waals surface area contributed by atoms with Crippen molar-refractivity contribution in [3.05, 3.63) is 29.8 Å². The smallest absolute Gasteiger partial charge is 0.256 e. The fourth-order valence-electron chi connectivity index (χ4n) is 4.42. The summed E-state index contributed by atoms with van der Waals surface area (Å²) in [6.45, 7) is 0.487. The van der Waals surface area contributed by atoms with Crippen LogP contribution in [0.15, 0.2) is 24.3 Å². The Morgan fingerprint density at radius 1 is 1.08 bits per heavy atom. The van der Waals surface area contributed by atoms with E-state index in [-0.39, 0.29) is 29.7 Å². The zero-order valence-corrected chi connectivity index (χ0v) is 14.9. The number of para-hydroxylation sites is 1. The molecule has 0 unspecified atom stereocenters. The highest BCUT2D eigenvalue weighted by atomic mass is 16.2. The van der Waals surface area contributed by atoms with Crippen LogP contribution in [-0.2, 0) is 9.59 Å². The fraction of sp³-hybridized carbons (Fsp3) is 0.550. The number of piperidine rings is 1. The molecule has 0 bridgehead atoms. The molecule has 0 aromatic heterocycles. The van der Waals surface area contributed by atoms with E-state index in [4.69, 9.17) is 0 Å². The van der Waals surface area contributed by atoms with Crippen LogP contribution in [0.5, 0.6) is 0 Å². The van der Waals surface area contributed by atoms with Gasteiger partial charge in [0, 0.05) is 18.5 Å². The van der Waals surface area contributed by atoms with Gasteiger partial charge in [-0.25, -0.2) is 0 Å². The summed E-state index contributed by atoms with van der Waals surface area (Å²) in [6, 6.07) is 6.54. The number of fused-ring (bicyclic) bond motifs is 2. The van der Waals surface area contributed by atoms with E-state index in [1.165, 1.54) is 6.42 Å². The van der Waals surface area contributed by atoms with Gasteiger partial charge in [-0.3, -0.25) is 14.4 Å². The van der Waals surface area contributed by atoms with Crippen LogP contribution >= 0.6 is 0 Å². The summed E-state index contributed by atoms with van der Waals surface area (Å²) in [5.74, 6) is -0.0525. The third kappa shape index (κ3) is 3.20. The molecule has 2 fully saturated rings. The minimum atomic E-state index is -0.527. The maximum absolute atomic E-state index is 12.8. The summed E-state index contributed by atoms with van der Waals surface area (Å²) in [5, 5.41) is 6.02. The SMILES string of the molecule is O=C(N[C@H]1CCN2C(=O)c3ccccc3NC(=O)[C@@H]2C1)C1CCCCC1. The molecular weight excluding hydrogens is 330 g/mol. The Balaban J connectivity index is 1.46. The molecular formula is C20H25N3O3. The number of nitrogens with one attached hydrogen (secondary N) is 2. The normalized spacial score (nSPS) is 26.4. The molecule has 0 radical (unpaired) electrons. The lowest BCUT2D eigenvalue weighted by Crippen LogP contribution is -2.55.